The second-order valence-electron chi connectivity index (χ2n) is 11.4. The first kappa shape index (κ1) is 44.5. The minimum atomic E-state index is -0.937. The first-order chi connectivity index (χ1) is 19.5. The molecule has 41 heavy (non-hydrogen) atoms. The van der Waals surface area contributed by atoms with E-state index in [1.54, 1.807) is 0 Å². The van der Waals surface area contributed by atoms with Gasteiger partial charge in [-0.3, -0.25) is 0 Å². The Bertz CT molecular complexity index is 524. The van der Waals surface area contributed by atoms with Gasteiger partial charge < -0.3 is 19.8 Å². The maximum absolute atomic E-state index is 10.2. The molecule has 5 heteroatoms. The number of rotatable bonds is 30. The van der Waals surface area contributed by atoms with E-state index < -0.39 is 11.9 Å². The van der Waals surface area contributed by atoms with Gasteiger partial charge in [-0.25, -0.2) is 0 Å². The van der Waals surface area contributed by atoms with E-state index in [1.807, 2.05) is 0 Å². The van der Waals surface area contributed by atoms with Gasteiger partial charge in [-0.05, 0) is 64.2 Å². The molecule has 0 spiro atoms. The van der Waals surface area contributed by atoms with Crippen LogP contribution in [0.2, 0.25) is 0 Å². The molecule has 0 atom stereocenters. The van der Waals surface area contributed by atoms with Crippen LogP contribution in [0, 0.1) is 0 Å². The van der Waals surface area contributed by atoms with Crippen LogP contribution in [-0.4, -0.2) is 11.9 Å². The topological polar surface area (TPSA) is 80.3 Å². The Balaban J connectivity index is -0.000000688. The Morgan fingerprint density at radius 2 is 0.610 bits per heavy atom. The summed E-state index contributed by atoms with van der Waals surface area (Å²) in [5.74, 6) is -1.87. The molecule has 0 aliphatic carbocycles. The van der Waals surface area contributed by atoms with Crippen molar-refractivity contribution in [3.63, 3.8) is 0 Å². The largest absolute Gasteiger partial charge is 2.00 e. The van der Waals surface area contributed by atoms with Crippen molar-refractivity contribution in [3.05, 3.63) is 24.3 Å². The van der Waals surface area contributed by atoms with Crippen LogP contribution >= 0.6 is 0 Å². The zero-order valence-corrected chi connectivity index (χ0v) is 30.4. The van der Waals surface area contributed by atoms with Gasteiger partial charge in [0.1, 0.15) is 0 Å². The summed E-state index contributed by atoms with van der Waals surface area (Å²) < 4.78 is 0. The predicted octanol–water partition coefficient (Wildman–Crippen LogP) is 9.55. The summed E-state index contributed by atoms with van der Waals surface area (Å²) in [6, 6.07) is 0. The van der Waals surface area contributed by atoms with Crippen molar-refractivity contribution in [2.24, 2.45) is 0 Å². The van der Waals surface area contributed by atoms with Crippen molar-refractivity contribution < 1.29 is 39.3 Å². The normalized spacial score (nSPS) is 11.0. The summed E-state index contributed by atoms with van der Waals surface area (Å²) in [4.78, 5) is 20.4. The molecule has 0 unspecified atom stereocenters. The van der Waals surface area contributed by atoms with Gasteiger partial charge in [0.25, 0.3) is 0 Å². The molecule has 0 aromatic heterocycles. The number of carboxylic acid groups (broad SMARTS) is 2. The van der Waals surface area contributed by atoms with Crippen LogP contribution in [0.3, 0.4) is 0 Å². The molecule has 0 radical (unpaired) electrons. The summed E-state index contributed by atoms with van der Waals surface area (Å²) in [5.41, 5.74) is 0. The van der Waals surface area contributed by atoms with Gasteiger partial charge in [0.2, 0.25) is 0 Å². The van der Waals surface area contributed by atoms with E-state index in [0.29, 0.717) is 12.8 Å². The van der Waals surface area contributed by atoms with Crippen molar-refractivity contribution in [3.8, 4) is 0 Å². The summed E-state index contributed by atoms with van der Waals surface area (Å²) in [7, 11) is 0. The smallest absolute Gasteiger partial charge is 0.550 e. The third-order valence-corrected chi connectivity index (χ3v) is 7.29. The van der Waals surface area contributed by atoms with Gasteiger partial charge in [0, 0.05) is 11.9 Å². The molecule has 0 saturated heterocycles. The Labute approximate surface area is 268 Å². The first-order valence-corrected chi connectivity index (χ1v) is 17.2. The summed E-state index contributed by atoms with van der Waals surface area (Å²) in [5, 5.41) is 20.4. The van der Waals surface area contributed by atoms with Crippen molar-refractivity contribution in [1.29, 1.82) is 0 Å². The fraction of sp³-hybridized carbons (Fsp3) is 0.833. The summed E-state index contributed by atoms with van der Waals surface area (Å²) >= 11 is 0. The van der Waals surface area contributed by atoms with Gasteiger partial charge in [-0.1, -0.05) is 154 Å². The van der Waals surface area contributed by atoms with Crippen molar-refractivity contribution in [1.82, 2.24) is 0 Å². The molecule has 236 valence electrons. The first-order valence-electron chi connectivity index (χ1n) is 17.2. The predicted molar refractivity (Wildman–Crippen MR) is 169 cm³/mol. The van der Waals surface area contributed by atoms with E-state index in [4.69, 9.17) is 0 Å². The SMILES string of the molecule is CCCCCCCCCCCCC=CCCCC(=O)[O-].CCCCCCCCCCCCC=CCCCC(=O)[O-].[Zn+2]. The Morgan fingerprint density at radius 3 is 0.854 bits per heavy atom. The Hall–Kier alpha value is -0.957. The van der Waals surface area contributed by atoms with E-state index in [2.05, 4.69) is 38.2 Å². The zero-order chi connectivity index (χ0) is 29.8. The van der Waals surface area contributed by atoms with Crippen LogP contribution < -0.4 is 10.2 Å². The Kier molecular flexibility index (Phi) is 44.7. The van der Waals surface area contributed by atoms with E-state index in [1.165, 1.54) is 128 Å². The number of allylic oxidation sites excluding steroid dienone is 4. The molecule has 0 aliphatic heterocycles. The minimum Gasteiger partial charge on any atom is -0.550 e. The standard InChI is InChI=1S/2C18H34O2.Zn/c2*1-2-3-4-5-6-7-8-9-10-11-12-13-14-15-16-17-18(19)20;/h2*13-14H,2-12,15-17H2,1H3,(H,19,20);/q;;+2/p-2. The number of unbranched alkanes of at least 4 members (excludes halogenated alkanes) is 22. The quantitative estimate of drug-likeness (QED) is 0.0451. The van der Waals surface area contributed by atoms with E-state index >= 15 is 0 Å². The fourth-order valence-corrected chi connectivity index (χ4v) is 4.70. The maximum atomic E-state index is 10.2. The second-order valence-corrected chi connectivity index (χ2v) is 11.4. The van der Waals surface area contributed by atoms with Crippen molar-refractivity contribution >= 4 is 11.9 Å². The number of carbonyl (C=O) groups is 2. The molecule has 0 saturated carbocycles. The van der Waals surface area contributed by atoms with E-state index in [9.17, 15) is 19.8 Å². The molecule has 0 aromatic rings. The molecule has 0 bridgehead atoms. The maximum Gasteiger partial charge on any atom is 2.00 e. The average molecular weight is 628 g/mol. The summed E-state index contributed by atoms with van der Waals surface area (Å²) in [6.45, 7) is 4.52. The Morgan fingerprint density at radius 1 is 0.390 bits per heavy atom. The number of hydrogen-bond donors (Lipinski definition) is 0. The van der Waals surface area contributed by atoms with Gasteiger partial charge in [-0.2, -0.15) is 0 Å². The van der Waals surface area contributed by atoms with Crippen LogP contribution in [0.5, 0.6) is 0 Å². The van der Waals surface area contributed by atoms with Crippen LogP contribution in [0.4, 0.5) is 0 Å². The molecule has 4 nitrogen and oxygen atoms in total. The monoisotopic (exact) mass is 626 g/mol. The van der Waals surface area contributed by atoms with Gasteiger partial charge in [0.15, 0.2) is 0 Å². The zero-order valence-electron chi connectivity index (χ0n) is 27.4. The molecule has 0 rings (SSSR count). The number of aliphatic carboxylic acids is 2. The van der Waals surface area contributed by atoms with Crippen molar-refractivity contribution in [2.75, 3.05) is 0 Å². The molecule has 0 aliphatic rings. The van der Waals surface area contributed by atoms with E-state index in [0.717, 1.165) is 25.7 Å². The van der Waals surface area contributed by atoms with Gasteiger partial charge in [0.05, 0.1) is 0 Å². The molecule has 0 N–H and O–H groups in total. The van der Waals surface area contributed by atoms with Crippen LogP contribution in [0.15, 0.2) is 24.3 Å². The van der Waals surface area contributed by atoms with Crippen LogP contribution in [-0.2, 0) is 29.1 Å². The van der Waals surface area contributed by atoms with Gasteiger partial charge >= 0.3 is 19.5 Å². The van der Waals surface area contributed by atoms with Crippen LogP contribution in [0.25, 0.3) is 0 Å². The fourth-order valence-electron chi connectivity index (χ4n) is 4.70. The number of carboxylic acids is 2. The third kappa shape index (κ3) is 49.1. The molecular formula is C36H66O4Zn. The molecule has 0 amide bonds. The van der Waals surface area contributed by atoms with E-state index in [-0.39, 0.29) is 32.3 Å². The van der Waals surface area contributed by atoms with Gasteiger partial charge in [-0.15, -0.1) is 0 Å². The van der Waals surface area contributed by atoms with Crippen LogP contribution in [0.1, 0.15) is 194 Å². The third-order valence-electron chi connectivity index (χ3n) is 7.29. The summed E-state index contributed by atoms with van der Waals surface area (Å²) in [6.07, 6.45) is 41.9. The number of hydrogen-bond acceptors (Lipinski definition) is 4. The molecule has 0 heterocycles. The minimum absolute atomic E-state index is 0. The average Bonchev–Trinajstić information content (AvgIpc) is 2.93. The molecule has 0 aromatic carbocycles. The van der Waals surface area contributed by atoms with Crippen molar-refractivity contribution in [2.45, 2.75) is 194 Å². The second kappa shape index (κ2) is 41.2. The molecule has 0 fully saturated rings. The molecular weight excluding hydrogens is 562 g/mol. The number of carbonyl (C=O) groups excluding carboxylic acids is 2.